The van der Waals surface area contributed by atoms with Crippen molar-refractivity contribution >= 4 is 34.3 Å². The molecule has 0 aromatic heterocycles. The average molecular weight is 238 g/mol. The third-order valence-corrected chi connectivity index (χ3v) is 2.30. The first-order valence-electron chi connectivity index (χ1n) is 4.03. The Kier molecular flexibility index (Phi) is 10.6. The normalized spacial score (nSPS) is 11.3. The lowest BCUT2D eigenvalue weighted by Crippen LogP contribution is -2.36. The summed E-state index contributed by atoms with van der Waals surface area (Å²) in [5.41, 5.74) is 10.4. The minimum atomic E-state index is -0.477. The second-order valence-corrected chi connectivity index (χ2v) is 4.36. The fourth-order valence-electron chi connectivity index (χ4n) is 0.408. The molecule has 4 nitrogen and oxygen atoms in total. The molecular formula is C8H18N2O2S2. The molecule has 4 N–H and O–H groups in total. The Bertz CT molecular complexity index is 186. The van der Waals surface area contributed by atoms with E-state index in [1.165, 1.54) is 18.9 Å². The smallest absolute Gasteiger partial charge is 0.322 e. The van der Waals surface area contributed by atoms with Crippen LogP contribution in [0.5, 0.6) is 0 Å². The van der Waals surface area contributed by atoms with Gasteiger partial charge in [-0.05, 0) is 12.2 Å². The van der Waals surface area contributed by atoms with Crippen molar-refractivity contribution in [1.82, 2.24) is 0 Å². The van der Waals surface area contributed by atoms with Crippen LogP contribution in [0.25, 0.3) is 0 Å². The van der Waals surface area contributed by atoms with Crippen LogP contribution in [0.15, 0.2) is 0 Å². The van der Waals surface area contributed by atoms with Gasteiger partial charge in [0.2, 0.25) is 0 Å². The van der Waals surface area contributed by atoms with Gasteiger partial charge in [0.05, 0.1) is 7.11 Å². The number of hydrogen-bond donors (Lipinski definition) is 2. The van der Waals surface area contributed by atoms with E-state index in [1.54, 1.807) is 0 Å². The van der Waals surface area contributed by atoms with Gasteiger partial charge in [0.1, 0.15) is 10.4 Å². The number of thioether (sulfide) groups is 1. The van der Waals surface area contributed by atoms with Crippen LogP contribution in [0.2, 0.25) is 0 Å². The number of ether oxygens (including phenoxy) is 1. The largest absolute Gasteiger partial charge is 0.468 e. The number of rotatable bonds is 2. The second-order valence-electron chi connectivity index (χ2n) is 2.82. The zero-order valence-electron chi connectivity index (χ0n) is 8.94. The van der Waals surface area contributed by atoms with Crippen LogP contribution >= 0.6 is 24.0 Å². The highest BCUT2D eigenvalue weighted by Gasteiger charge is 2.16. The summed E-state index contributed by atoms with van der Waals surface area (Å²) in [6, 6.07) is -0.477. The van der Waals surface area contributed by atoms with Gasteiger partial charge >= 0.3 is 5.97 Å². The van der Waals surface area contributed by atoms with E-state index >= 15 is 0 Å². The number of hydrogen-bond acceptors (Lipinski definition) is 5. The zero-order chi connectivity index (χ0) is 11.7. The molecule has 0 aromatic carbocycles. The van der Waals surface area contributed by atoms with E-state index in [9.17, 15) is 4.79 Å². The Hall–Kier alpha value is -0.330. The molecule has 0 heterocycles. The number of thiocarbonyl (C=S) groups is 1. The lowest BCUT2D eigenvalue weighted by molar-refractivity contribution is -0.143. The Morgan fingerprint density at radius 2 is 1.86 bits per heavy atom. The molecule has 0 fully saturated rings. The quantitative estimate of drug-likeness (QED) is 0.545. The summed E-state index contributed by atoms with van der Waals surface area (Å²) >= 11 is 5.83. The van der Waals surface area contributed by atoms with Crippen molar-refractivity contribution in [1.29, 1.82) is 0 Å². The summed E-state index contributed by atoms with van der Waals surface area (Å²) < 4.78 is 4.91. The lowest BCUT2D eigenvalue weighted by Gasteiger charge is -2.11. The van der Waals surface area contributed by atoms with Crippen LogP contribution in [0.1, 0.15) is 13.8 Å². The molecule has 0 saturated heterocycles. The highest BCUT2D eigenvalue weighted by molar-refractivity contribution is 8.22. The summed E-state index contributed by atoms with van der Waals surface area (Å²) in [6.07, 6.45) is 1.85. The van der Waals surface area contributed by atoms with Gasteiger partial charge in [0.25, 0.3) is 0 Å². The van der Waals surface area contributed by atoms with Gasteiger partial charge in [0.15, 0.2) is 0 Å². The number of carbonyl (C=O) groups excluding carboxylic acids is 1. The summed E-state index contributed by atoms with van der Waals surface area (Å²) in [4.78, 5) is 10.6. The molecular weight excluding hydrogens is 220 g/mol. The van der Waals surface area contributed by atoms with Crippen molar-refractivity contribution < 1.29 is 9.53 Å². The number of carbonyl (C=O) groups is 1. The fraction of sp³-hybridized carbons (Fsp3) is 0.750. The molecule has 0 aliphatic heterocycles. The van der Waals surface area contributed by atoms with Crippen LogP contribution in [0, 0.1) is 5.92 Å². The Labute approximate surface area is 94.7 Å². The molecule has 1 unspecified atom stereocenters. The third-order valence-electron chi connectivity index (χ3n) is 1.39. The van der Waals surface area contributed by atoms with E-state index in [0.29, 0.717) is 4.32 Å². The van der Waals surface area contributed by atoms with Crippen LogP contribution < -0.4 is 11.5 Å². The highest BCUT2D eigenvalue weighted by Crippen LogP contribution is 1.98. The molecule has 0 rings (SSSR count). The SMILES string of the molecule is COC(=O)C(N)C(C)C.CSC(N)=S. The van der Waals surface area contributed by atoms with E-state index in [0.717, 1.165) is 0 Å². The van der Waals surface area contributed by atoms with E-state index in [-0.39, 0.29) is 11.9 Å². The van der Waals surface area contributed by atoms with Gasteiger partial charge in [-0.2, -0.15) is 0 Å². The van der Waals surface area contributed by atoms with Crippen molar-refractivity contribution in [2.24, 2.45) is 17.4 Å². The highest BCUT2D eigenvalue weighted by atomic mass is 32.2. The minimum Gasteiger partial charge on any atom is -0.468 e. The summed E-state index contributed by atoms with van der Waals surface area (Å²) in [7, 11) is 1.34. The van der Waals surface area contributed by atoms with Crippen molar-refractivity contribution in [3.8, 4) is 0 Å². The maximum Gasteiger partial charge on any atom is 0.322 e. The molecule has 6 heteroatoms. The van der Waals surface area contributed by atoms with Crippen LogP contribution in [0.3, 0.4) is 0 Å². The molecule has 84 valence electrons. The van der Waals surface area contributed by atoms with E-state index in [4.69, 9.17) is 11.5 Å². The molecule has 0 bridgehead atoms. The zero-order valence-corrected chi connectivity index (χ0v) is 10.6. The van der Waals surface area contributed by atoms with Gasteiger partial charge in [-0.25, -0.2) is 0 Å². The summed E-state index contributed by atoms with van der Waals surface area (Å²) in [5, 5.41) is 0. The Balaban J connectivity index is 0. The van der Waals surface area contributed by atoms with Gasteiger partial charge in [0, 0.05) is 0 Å². The average Bonchev–Trinajstić information content (AvgIpc) is 2.16. The number of nitrogens with two attached hydrogens (primary N) is 2. The third kappa shape index (κ3) is 9.76. The molecule has 0 aliphatic carbocycles. The molecule has 0 spiro atoms. The predicted octanol–water partition coefficient (Wildman–Crippen LogP) is 0.736. The first-order chi connectivity index (χ1) is 6.36. The van der Waals surface area contributed by atoms with Crippen LogP contribution in [0.4, 0.5) is 0 Å². The van der Waals surface area contributed by atoms with Crippen molar-refractivity contribution in [3.05, 3.63) is 0 Å². The molecule has 0 amide bonds. The Morgan fingerprint density at radius 3 is 1.93 bits per heavy atom. The standard InChI is InChI=1S/C6H13NO2.C2H5NS2/c1-4(2)5(7)6(8)9-3;1-5-2(3)4/h4-5H,7H2,1-3H3;1H3,(H2,3,4). The van der Waals surface area contributed by atoms with E-state index in [2.05, 4.69) is 17.0 Å². The summed E-state index contributed by atoms with van der Waals surface area (Å²) in [5.74, 6) is -0.192. The lowest BCUT2D eigenvalue weighted by atomic mass is 10.1. The van der Waals surface area contributed by atoms with Gasteiger partial charge < -0.3 is 16.2 Å². The molecule has 14 heavy (non-hydrogen) atoms. The van der Waals surface area contributed by atoms with Crippen molar-refractivity contribution in [3.63, 3.8) is 0 Å². The predicted molar refractivity (Wildman–Crippen MR) is 65.1 cm³/mol. The van der Waals surface area contributed by atoms with Gasteiger partial charge in [-0.15, -0.1) is 11.8 Å². The molecule has 0 saturated carbocycles. The second kappa shape index (κ2) is 9.23. The first-order valence-corrected chi connectivity index (χ1v) is 5.66. The molecule has 0 aromatic rings. The minimum absolute atomic E-state index is 0.150. The van der Waals surface area contributed by atoms with Crippen LogP contribution in [-0.2, 0) is 9.53 Å². The number of methoxy groups -OCH3 is 1. The monoisotopic (exact) mass is 238 g/mol. The van der Waals surface area contributed by atoms with Gasteiger partial charge in [-0.3, -0.25) is 4.79 Å². The van der Waals surface area contributed by atoms with Crippen molar-refractivity contribution in [2.45, 2.75) is 19.9 Å². The fourth-order valence-corrected chi connectivity index (χ4v) is 0.408. The molecule has 1 atom stereocenters. The summed E-state index contributed by atoms with van der Waals surface area (Å²) in [6.45, 7) is 3.75. The maximum absolute atomic E-state index is 10.6. The van der Waals surface area contributed by atoms with E-state index < -0.39 is 6.04 Å². The van der Waals surface area contributed by atoms with Crippen molar-refractivity contribution in [2.75, 3.05) is 13.4 Å². The van der Waals surface area contributed by atoms with Gasteiger partial charge in [-0.1, -0.05) is 26.1 Å². The first kappa shape index (κ1) is 16.1. The molecule has 0 aliphatic rings. The van der Waals surface area contributed by atoms with Crippen LogP contribution in [-0.4, -0.2) is 29.7 Å². The Morgan fingerprint density at radius 1 is 1.50 bits per heavy atom. The number of esters is 1. The molecule has 0 radical (unpaired) electrons. The topological polar surface area (TPSA) is 78.3 Å². The maximum atomic E-state index is 10.6. The van der Waals surface area contributed by atoms with E-state index in [1.807, 2.05) is 20.1 Å².